The van der Waals surface area contributed by atoms with E-state index >= 15 is 0 Å². The molecule has 0 radical (unpaired) electrons. The molecule has 1 aliphatic rings. The molecule has 4 nitrogen and oxygen atoms in total. The van der Waals surface area contributed by atoms with Crippen molar-refractivity contribution in [2.75, 3.05) is 6.61 Å². The molecule has 0 spiro atoms. The Morgan fingerprint density at radius 3 is 3.05 bits per heavy atom. The number of nitrogens with two attached hydrogens (primary N) is 1. The first kappa shape index (κ1) is 13.4. The third kappa shape index (κ3) is 2.50. The van der Waals surface area contributed by atoms with Gasteiger partial charge in [0, 0.05) is 29.9 Å². The van der Waals surface area contributed by atoms with Crippen LogP contribution in [0.1, 0.15) is 17.0 Å². The van der Waals surface area contributed by atoms with Crippen molar-refractivity contribution in [2.45, 2.75) is 18.4 Å². The minimum atomic E-state index is 0.0681. The van der Waals surface area contributed by atoms with Gasteiger partial charge in [0.15, 0.2) is 0 Å². The van der Waals surface area contributed by atoms with Crippen LogP contribution in [0.15, 0.2) is 42.7 Å². The summed E-state index contributed by atoms with van der Waals surface area (Å²) in [5, 5.41) is 0.667. The fourth-order valence-corrected chi connectivity index (χ4v) is 2.84. The first-order chi connectivity index (χ1) is 9.79. The second-order valence-corrected chi connectivity index (χ2v) is 5.31. The van der Waals surface area contributed by atoms with Crippen molar-refractivity contribution in [3.8, 4) is 5.75 Å². The van der Waals surface area contributed by atoms with Crippen molar-refractivity contribution in [1.82, 2.24) is 10.4 Å². The van der Waals surface area contributed by atoms with Crippen LogP contribution >= 0.6 is 11.6 Å². The third-order valence-corrected chi connectivity index (χ3v) is 4.07. The summed E-state index contributed by atoms with van der Waals surface area (Å²) in [5.41, 5.74) is 5.13. The first-order valence-corrected chi connectivity index (χ1v) is 6.93. The number of aromatic nitrogens is 1. The van der Waals surface area contributed by atoms with Crippen molar-refractivity contribution in [2.24, 2.45) is 5.84 Å². The van der Waals surface area contributed by atoms with E-state index in [9.17, 15) is 0 Å². The van der Waals surface area contributed by atoms with E-state index < -0.39 is 0 Å². The van der Waals surface area contributed by atoms with Crippen LogP contribution in [-0.2, 0) is 6.42 Å². The van der Waals surface area contributed by atoms with Crippen LogP contribution in [0.25, 0.3) is 0 Å². The number of pyridine rings is 1. The summed E-state index contributed by atoms with van der Waals surface area (Å²) in [5.74, 6) is 6.91. The highest BCUT2D eigenvalue weighted by Gasteiger charge is 2.31. The summed E-state index contributed by atoms with van der Waals surface area (Å²) < 4.78 is 5.72. The molecule has 1 aromatic carbocycles. The number of hydrogen-bond acceptors (Lipinski definition) is 4. The Morgan fingerprint density at radius 2 is 2.25 bits per heavy atom. The molecule has 0 saturated heterocycles. The van der Waals surface area contributed by atoms with Crippen molar-refractivity contribution in [1.29, 1.82) is 0 Å². The van der Waals surface area contributed by atoms with Gasteiger partial charge in [0.05, 0.1) is 11.6 Å². The minimum Gasteiger partial charge on any atom is -0.493 e. The van der Waals surface area contributed by atoms with Crippen LogP contribution in [0.2, 0.25) is 5.02 Å². The highest BCUT2D eigenvalue weighted by Crippen LogP contribution is 2.36. The van der Waals surface area contributed by atoms with Crippen LogP contribution < -0.4 is 16.0 Å². The Bertz CT molecular complexity index is 605. The maximum Gasteiger partial charge on any atom is 0.122 e. The average molecular weight is 290 g/mol. The third-order valence-electron chi connectivity index (χ3n) is 3.73. The topological polar surface area (TPSA) is 60.2 Å². The van der Waals surface area contributed by atoms with Gasteiger partial charge in [-0.25, -0.2) is 0 Å². The maximum absolute atomic E-state index is 6.17. The highest BCUT2D eigenvalue weighted by atomic mass is 35.5. The number of nitrogens with zero attached hydrogens (tertiary/aromatic N) is 1. The normalized spacial score (nSPS) is 18.4. The number of benzene rings is 1. The Balaban J connectivity index is 1.83. The maximum atomic E-state index is 6.17. The molecule has 0 fully saturated rings. The Kier molecular flexibility index (Phi) is 3.87. The van der Waals surface area contributed by atoms with E-state index in [0.717, 1.165) is 17.7 Å². The van der Waals surface area contributed by atoms with Gasteiger partial charge in [0.2, 0.25) is 0 Å². The van der Waals surface area contributed by atoms with Crippen molar-refractivity contribution < 1.29 is 4.74 Å². The van der Waals surface area contributed by atoms with Gasteiger partial charge in [-0.2, -0.15) is 0 Å². The molecular formula is C15H16ClN3O. The molecule has 104 valence electrons. The van der Waals surface area contributed by atoms with Gasteiger partial charge in [-0.05, 0) is 24.1 Å². The van der Waals surface area contributed by atoms with Crippen LogP contribution in [-0.4, -0.2) is 17.6 Å². The van der Waals surface area contributed by atoms with E-state index in [2.05, 4.69) is 16.5 Å². The zero-order valence-corrected chi connectivity index (χ0v) is 11.7. The molecule has 2 atom stereocenters. The number of nitrogens with one attached hydrogen (secondary N) is 1. The fourth-order valence-electron chi connectivity index (χ4n) is 2.64. The van der Waals surface area contributed by atoms with Gasteiger partial charge in [-0.3, -0.25) is 16.3 Å². The summed E-state index contributed by atoms with van der Waals surface area (Å²) in [4.78, 5) is 4.00. The molecule has 0 amide bonds. The average Bonchev–Trinajstić information content (AvgIpc) is 2.90. The molecule has 20 heavy (non-hydrogen) atoms. The van der Waals surface area contributed by atoms with E-state index in [4.69, 9.17) is 22.2 Å². The zero-order valence-electron chi connectivity index (χ0n) is 10.9. The smallest absolute Gasteiger partial charge is 0.122 e. The number of fused-ring (bicyclic) bond motifs is 1. The van der Waals surface area contributed by atoms with Crippen molar-refractivity contribution >= 4 is 11.6 Å². The number of halogens is 1. The lowest BCUT2D eigenvalue weighted by atomic mass is 9.90. The number of para-hydroxylation sites is 1. The number of hydrogen-bond donors (Lipinski definition) is 2. The summed E-state index contributed by atoms with van der Waals surface area (Å²) in [6, 6.07) is 10.1. The van der Waals surface area contributed by atoms with E-state index in [-0.39, 0.29) is 12.0 Å². The molecule has 3 rings (SSSR count). The number of rotatable bonds is 4. The number of hydrazine groups is 1. The molecular weight excluding hydrogens is 274 g/mol. The fraction of sp³-hybridized carbons (Fsp3) is 0.267. The number of ether oxygens (including phenoxy) is 1. The predicted octanol–water partition coefficient (Wildman–Crippen LogP) is 2.29. The van der Waals surface area contributed by atoms with Crippen LogP contribution in [0.3, 0.4) is 0 Å². The van der Waals surface area contributed by atoms with E-state index in [1.54, 1.807) is 12.4 Å². The molecule has 2 unspecified atom stereocenters. The quantitative estimate of drug-likeness (QED) is 0.670. The second-order valence-electron chi connectivity index (χ2n) is 4.90. The zero-order chi connectivity index (χ0) is 13.9. The molecule has 0 saturated carbocycles. The van der Waals surface area contributed by atoms with E-state index in [1.807, 2.05) is 24.3 Å². The highest BCUT2D eigenvalue weighted by molar-refractivity contribution is 6.31. The van der Waals surface area contributed by atoms with Gasteiger partial charge in [0.25, 0.3) is 0 Å². The van der Waals surface area contributed by atoms with E-state index in [0.29, 0.717) is 11.6 Å². The summed E-state index contributed by atoms with van der Waals surface area (Å²) >= 11 is 6.17. The summed E-state index contributed by atoms with van der Waals surface area (Å²) in [6.07, 6.45) is 4.14. The van der Waals surface area contributed by atoms with Crippen LogP contribution in [0.4, 0.5) is 0 Å². The summed E-state index contributed by atoms with van der Waals surface area (Å²) in [6.45, 7) is 0.636. The lowest BCUT2D eigenvalue weighted by molar-refractivity contribution is 0.297. The van der Waals surface area contributed by atoms with Crippen molar-refractivity contribution in [3.05, 3.63) is 58.9 Å². The SMILES string of the molecule is NNC(Cc1ccncc1Cl)C1COc2ccccc21. The Morgan fingerprint density at radius 1 is 1.40 bits per heavy atom. The molecule has 0 aliphatic carbocycles. The first-order valence-electron chi connectivity index (χ1n) is 6.56. The molecule has 2 heterocycles. The monoisotopic (exact) mass is 289 g/mol. The van der Waals surface area contributed by atoms with E-state index in [1.165, 1.54) is 5.56 Å². The minimum absolute atomic E-state index is 0.0681. The van der Waals surface area contributed by atoms with Gasteiger partial charge in [-0.1, -0.05) is 29.8 Å². The molecule has 3 N–H and O–H groups in total. The van der Waals surface area contributed by atoms with Gasteiger partial charge in [-0.15, -0.1) is 0 Å². The molecule has 2 aromatic rings. The van der Waals surface area contributed by atoms with Gasteiger partial charge < -0.3 is 4.74 Å². The molecule has 1 aromatic heterocycles. The Labute approximate surface area is 122 Å². The Hall–Kier alpha value is -1.62. The lowest BCUT2D eigenvalue weighted by Crippen LogP contribution is -2.42. The van der Waals surface area contributed by atoms with Gasteiger partial charge >= 0.3 is 0 Å². The second kappa shape index (κ2) is 5.79. The van der Waals surface area contributed by atoms with Crippen molar-refractivity contribution in [3.63, 3.8) is 0 Å². The lowest BCUT2D eigenvalue weighted by Gasteiger charge is -2.22. The van der Waals surface area contributed by atoms with Crippen LogP contribution in [0, 0.1) is 0 Å². The largest absolute Gasteiger partial charge is 0.493 e. The summed E-state index contributed by atoms with van der Waals surface area (Å²) in [7, 11) is 0. The van der Waals surface area contributed by atoms with Crippen LogP contribution in [0.5, 0.6) is 5.75 Å². The predicted molar refractivity (Wildman–Crippen MR) is 78.7 cm³/mol. The molecule has 1 aliphatic heterocycles. The van der Waals surface area contributed by atoms with Gasteiger partial charge in [0.1, 0.15) is 5.75 Å². The standard InChI is InChI=1S/C15H16ClN3O/c16-13-8-18-6-5-10(13)7-14(19-17)12-9-20-15-4-2-1-3-11(12)15/h1-6,8,12,14,19H,7,9,17H2. The molecule has 5 heteroatoms. The molecule has 0 bridgehead atoms.